The number of carbonyl (C=O) groups excluding carboxylic acids is 2. The quantitative estimate of drug-likeness (QED) is 0.341. The normalized spacial score (nSPS) is 17.0. The molecule has 0 spiro atoms. The molecule has 0 atom stereocenters. The molecule has 7 rings (SSSR count). The van der Waals surface area contributed by atoms with Gasteiger partial charge in [-0.3, -0.25) is 14.5 Å². The Balaban J connectivity index is 1.23. The Morgan fingerprint density at radius 2 is 1.82 bits per heavy atom. The molecular formula is C32H29F2N7O3S. The molecule has 0 saturated carbocycles. The Labute approximate surface area is 261 Å². The number of likely N-dealkylation sites (tertiary alicyclic amines) is 1. The van der Waals surface area contributed by atoms with Crippen molar-refractivity contribution in [1.82, 2.24) is 19.8 Å². The number of nitrogens with zero attached hydrogens (tertiary/aromatic N) is 7. The maximum atomic E-state index is 15.8. The van der Waals surface area contributed by atoms with E-state index < -0.39 is 17.7 Å². The first-order valence-corrected chi connectivity index (χ1v) is 15.5. The van der Waals surface area contributed by atoms with Gasteiger partial charge in [0.1, 0.15) is 33.7 Å². The van der Waals surface area contributed by atoms with E-state index in [2.05, 4.69) is 20.9 Å². The number of piperazine rings is 1. The fraction of sp³-hybridized carbons (Fsp3) is 0.344. The van der Waals surface area contributed by atoms with E-state index in [4.69, 9.17) is 4.98 Å². The summed E-state index contributed by atoms with van der Waals surface area (Å²) in [5.74, 6) is -1.09. The number of ketones is 1. The summed E-state index contributed by atoms with van der Waals surface area (Å²) in [5, 5.41) is 20.4. The number of nitriles is 1. The number of Topliss-reactive ketones (excluding diaryl/α,β-unsaturated/α-hetero) is 1. The van der Waals surface area contributed by atoms with E-state index in [-0.39, 0.29) is 35.9 Å². The first-order valence-electron chi connectivity index (χ1n) is 14.7. The highest BCUT2D eigenvalue weighted by Gasteiger charge is 2.32. The van der Waals surface area contributed by atoms with Crippen LogP contribution in [0.25, 0.3) is 22.2 Å². The topological polar surface area (TPSA) is 117 Å². The van der Waals surface area contributed by atoms with Crippen molar-refractivity contribution in [3.05, 3.63) is 64.2 Å². The van der Waals surface area contributed by atoms with E-state index in [1.54, 1.807) is 29.0 Å². The van der Waals surface area contributed by atoms with Crippen LogP contribution >= 0.6 is 11.3 Å². The Bertz CT molecular complexity index is 1880. The van der Waals surface area contributed by atoms with Crippen LogP contribution in [0.5, 0.6) is 0 Å². The van der Waals surface area contributed by atoms with Crippen molar-refractivity contribution in [2.24, 2.45) is 0 Å². The maximum absolute atomic E-state index is 15.8. The van der Waals surface area contributed by atoms with E-state index in [1.165, 1.54) is 29.5 Å². The number of rotatable bonds is 6. The molecule has 1 amide bonds. The summed E-state index contributed by atoms with van der Waals surface area (Å²) in [7, 11) is 1.78. The van der Waals surface area contributed by atoms with Crippen LogP contribution in [0.3, 0.4) is 0 Å². The van der Waals surface area contributed by atoms with E-state index in [0.29, 0.717) is 89.3 Å². The molecule has 1 N–H and O–H groups in total. The van der Waals surface area contributed by atoms with Crippen LogP contribution in [0.4, 0.5) is 25.3 Å². The number of halogens is 2. The molecule has 2 saturated heterocycles. The smallest absolute Gasteiger partial charge is 0.236 e. The molecule has 0 unspecified atom stereocenters. The molecule has 2 aromatic heterocycles. The van der Waals surface area contributed by atoms with E-state index in [9.17, 15) is 24.3 Å². The second-order valence-corrected chi connectivity index (χ2v) is 12.6. The first kappa shape index (κ1) is 29.2. The lowest BCUT2D eigenvalue weighted by atomic mass is 10.0. The summed E-state index contributed by atoms with van der Waals surface area (Å²) < 4.78 is 29.4. The summed E-state index contributed by atoms with van der Waals surface area (Å²) in [6, 6.07) is 11.3. The SMILES string of the molecule is CN(c1nc(-c2ccc(F)cc2)c(C#N)s1)c1c2c(nc3c(F)cc(N4CCN(CC(=O)N5CC(O)C5)CC4)cc13)C(=O)CC2. The van der Waals surface area contributed by atoms with Gasteiger partial charge >= 0.3 is 0 Å². The first-order chi connectivity index (χ1) is 21.7. The molecule has 45 heavy (non-hydrogen) atoms. The average molecular weight is 630 g/mol. The molecular weight excluding hydrogens is 600 g/mol. The molecule has 10 nitrogen and oxygen atoms in total. The summed E-state index contributed by atoms with van der Waals surface area (Å²) in [6.07, 6.45) is 0.282. The number of pyridine rings is 1. The zero-order valence-electron chi connectivity index (χ0n) is 24.5. The van der Waals surface area contributed by atoms with Crippen LogP contribution in [0.1, 0.15) is 27.3 Å². The predicted molar refractivity (Wildman–Crippen MR) is 166 cm³/mol. The fourth-order valence-electron chi connectivity index (χ4n) is 6.26. The Hall–Kier alpha value is -4.51. The van der Waals surface area contributed by atoms with Gasteiger partial charge in [0.2, 0.25) is 5.91 Å². The minimum absolute atomic E-state index is 0.00279. The molecule has 2 fully saturated rings. The van der Waals surface area contributed by atoms with Gasteiger partial charge in [0.05, 0.1) is 18.3 Å². The van der Waals surface area contributed by atoms with Crippen molar-refractivity contribution in [3.8, 4) is 17.3 Å². The lowest BCUT2D eigenvalue weighted by Gasteiger charge is -2.39. The highest BCUT2D eigenvalue weighted by molar-refractivity contribution is 7.16. The van der Waals surface area contributed by atoms with Crippen molar-refractivity contribution in [3.63, 3.8) is 0 Å². The van der Waals surface area contributed by atoms with Gasteiger partial charge in [-0.2, -0.15) is 5.26 Å². The number of aliphatic hydroxyl groups is 1. The average Bonchev–Trinajstić information content (AvgIpc) is 3.62. The van der Waals surface area contributed by atoms with Crippen molar-refractivity contribution in [2.45, 2.75) is 18.9 Å². The zero-order valence-corrected chi connectivity index (χ0v) is 25.3. The van der Waals surface area contributed by atoms with E-state index >= 15 is 4.39 Å². The van der Waals surface area contributed by atoms with Gasteiger partial charge < -0.3 is 19.8 Å². The summed E-state index contributed by atoms with van der Waals surface area (Å²) in [5.41, 5.74) is 3.35. The molecule has 4 aromatic rings. The third-order valence-corrected chi connectivity index (χ3v) is 9.77. The van der Waals surface area contributed by atoms with Gasteiger partial charge in [-0.1, -0.05) is 11.3 Å². The van der Waals surface area contributed by atoms with Crippen LogP contribution in [-0.2, 0) is 11.2 Å². The van der Waals surface area contributed by atoms with Gasteiger partial charge in [-0.25, -0.2) is 18.7 Å². The number of benzene rings is 2. The second kappa shape index (κ2) is 11.4. The highest BCUT2D eigenvalue weighted by atomic mass is 32.1. The number of hydrogen-bond donors (Lipinski definition) is 1. The van der Waals surface area contributed by atoms with E-state index in [1.807, 2.05) is 6.07 Å². The third-order valence-electron chi connectivity index (χ3n) is 8.73. The monoisotopic (exact) mass is 629 g/mol. The van der Waals surface area contributed by atoms with Gasteiger partial charge in [-0.05, 0) is 42.8 Å². The second-order valence-electron chi connectivity index (χ2n) is 11.6. The maximum Gasteiger partial charge on any atom is 0.236 e. The minimum atomic E-state index is -0.544. The number of aliphatic hydroxyl groups excluding tert-OH is 1. The summed E-state index contributed by atoms with van der Waals surface area (Å²) in [6.45, 7) is 3.44. The van der Waals surface area contributed by atoms with Crippen LogP contribution in [0.2, 0.25) is 0 Å². The van der Waals surface area contributed by atoms with Gasteiger partial charge in [0, 0.05) is 74.9 Å². The van der Waals surface area contributed by atoms with Crippen LogP contribution < -0.4 is 9.80 Å². The Morgan fingerprint density at radius 3 is 2.51 bits per heavy atom. The zero-order chi connectivity index (χ0) is 31.4. The van der Waals surface area contributed by atoms with E-state index in [0.717, 1.165) is 0 Å². The number of carbonyl (C=O) groups is 2. The van der Waals surface area contributed by atoms with Gasteiger partial charge in [0.25, 0.3) is 0 Å². The van der Waals surface area contributed by atoms with Crippen LogP contribution in [0, 0.1) is 23.0 Å². The fourth-order valence-corrected chi connectivity index (χ4v) is 7.12. The minimum Gasteiger partial charge on any atom is -0.389 e. The summed E-state index contributed by atoms with van der Waals surface area (Å²) in [4.78, 5) is 42.5. The molecule has 3 aliphatic rings. The lowest BCUT2D eigenvalue weighted by Crippen LogP contribution is -2.57. The molecule has 0 bridgehead atoms. The van der Waals surface area contributed by atoms with Crippen molar-refractivity contribution >= 4 is 50.4 Å². The van der Waals surface area contributed by atoms with Crippen LogP contribution in [-0.4, -0.2) is 95.5 Å². The van der Waals surface area contributed by atoms with Crippen molar-refractivity contribution in [2.75, 3.05) is 62.7 Å². The third kappa shape index (κ3) is 5.28. The summed E-state index contributed by atoms with van der Waals surface area (Å²) >= 11 is 1.17. The lowest BCUT2D eigenvalue weighted by molar-refractivity contribution is -0.142. The number of amides is 1. The predicted octanol–water partition coefficient (Wildman–Crippen LogP) is 3.73. The molecule has 2 aromatic carbocycles. The molecule has 2 aliphatic heterocycles. The van der Waals surface area contributed by atoms with Crippen molar-refractivity contribution in [1.29, 1.82) is 5.26 Å². The van der Waals surface area contributed by atoms with Crippen molar-refractivity contribution < 1.29 is 23.5 Å². The molecule has 13 heteroatoms. The number of hydrogen-bond acceptors (Lipinski definition) is 10. The Kier molecular flexibility index (Phi) is 7.43. The van der Waals surface area contributed by atoms with Gasteiger partial charge in [0.15, 0.2) is 16.7 Å². The number of thiazole rings is 1. The van der Waals surface area contributed by atoms with Gasteiger partial charge in [-0.15, -0.1) is 0 Å². The standard InChI is InChI=1S/C32H29F2N7O3S/c1-38(32-37-28(26(14-35)45-32)18-2-4-19(33)5-3-18)31-22-6-7-25(43)30(22)36-29-23(31)12-20(13-24(29)34)40-10-8-39(9-11-40)17-27(44)41-15-21(42)16-41/h2-5,12-13,21,42H,6-11,15-17H2,1H3. The number of anilines is 3. The molecule has 0 radical (unpaired) electrons. The Morgan fingerprint density at radius 1 is 1.09 bits per heavy atom. The van der Waals surface area contributed by atoms with Crippen LogP contribution in [0.15, 0.2) is 36.4 Å². The molecule has 4 heterocycles. The number of β-amino-alcohol motifs (C(OH)–C–C–N with tert-alkyl or cyclic N) is 1. The number of aromatic nitrogens is 2. The highest BCUT2D eigenvalue weighted by Crippen LogP contribution is 2.43. The number of fused-ring (bicyclic) bond motifs is 2. The largest absolute Gasteiger partial charge is 0.389 e. The molecule has 230 valence electrons. The molecule has 1 aliphatic carbocycles.